The molecular formula is C22H22ClNO5. The van der Waals surface area contributed by atoms with Crippen molar-refractivity contribution in [3.05, 3.63) is 57.3 Å². The van der Waals surface area contributed by atoms with E-state index in [1.165, 1.54) is 0 Å². The summed E-state index contributed by atoms with van der Waals surface area (Å²) in [6.45, 7) is 6.77. The molecule has 2 aromatic carbocycles. The smallest absolute Gasteiger partial charge is 0.231 e. The van der Waals surface area contributed by atoms with Crippen molar-refractivity contribution in [3.63, 3.8) is 0 Å². The molecule has 0 fully saturated rings. The Kier molecular flexibility index (Phi) is 5.50. The van der Waals surface area contributed by atoms with Crippen LogP contribution in [-0.2, 0) is 17.9 Å². The molecule has 0 saturated heterocycles. The van der Waals surface area contributed by atoms with Gasteiger partial charge in [0.05, 0.1) is 17.7 Å². The quantitative estimate of drug-likeness (QED) is 0.731. The fourth-order valence-corrected chi connectivity index (χ4v) is 3.83. The zero-order valence-corrected chi connectivity index (χ0v) is 17.1. The number of carbonyl (C=O) groups is 1. The number of Topliss-reactive ketones (excluding diaryl/α,β-unsaturated/α-hetero) is 1. The Morgan fingerprint density at radius 3 is 2.76 bits per heavy atom. The third-order valence-electron chi connectivity index (χ3n) is 5.18. The van der Waals surface area contributed by atoms with Crippen molar-refractivity contribution in [2.75, 3.05) is 19.9 Å². The zero-order valence-electron chi connectivity index (χ0n) is 16.3. The van der Waals surface area contributed by atoms with Crippen LogP contribution in [-0.4, -0.2) is 35.7 Å². The van der Waals surface area contributed by atoms with Crippen molar-refractivity contribution in [2.45, 2.75) is 27.0 Å². The molecular weight excluding hydrogens is 394 g/mol. The van der Waals surface area contributed by atoms with Crippen LogP contribution in [0.1, 0.15) is 40.9 Å². The Morgan fingerprint density at radius 1 is 1.21 bits per heavy atom. The molecule has 6 nitrogen and oxygen atoms in total. The van der Waals surface area contributed by atoms with Crippen LogP contribution in [0.3, 0.4) is 0 Å². The molecule has 0 amide bonds. The van der Waals surface area contributed by atoms with Gasteiger partial charge >= 0.3 is 0 Å². The number of carbonyl (C=O) groups excluding carboxylic acids is 1. The number of rotatable bonds is 5. The molecule has 2 aliphatic rings. The van der Waals surface area contributed by atoms with E-state index in [1.807, 2.05) is 13.8 Å². The molecule has 0 radical (unpaired) electrons. The van der Waals surface area contributed by atoms with E-state index >= 15 is 0 Å². The number of phenols is 1. The zero-order chi connectivity index (χ0) is 20.5. The van der Waals surface area contributed by atoms with Crippen molar-refractivity contribution in [1.29, 1.82) is 0 Å². The van der Waals surface area contributed by atoms with Crippen LogP contribution in [0, 0.1) is 0 Å². The first-order valence-electron chi connectivity index (χ1n) is 9.56. The Labute approximate surface area is 174 Å². The summed E-state index contributed by atoms with van der Waals surface area (Å²) in [5.41, 5.74) is 2.52. The molecule has 0 aliphatic carbocycles. The maximum atomic E-state index is 13.0. The van der Waals surface area contributed by atoms with E-state index in [-0.39, 0.29) is 24.1 Å². The molecule has 0 spiro atoms. The van der Waals surface area contributed by atoms with Crippen LogP contribution < -0.4 is 9.47 Å². The largest absolute Gasteiger partial charge is 0.507 e. The van der Waals surface area contributed by atoms with Gasteiger partial charge < -0.3 is 19.3 Å². The number of fused-ring (bicyclic) bond motifs is 2. The summed E-state index contributed by atoms with van der Waals surface area (Å²) in [5, 5.41) is 10.9. The van der Waals surface area contributed by atoms with Crippen LogP contribution >= 0.6 is 11.6 Å². The molecule has 0 bridgehead atoms. The number of halogens is 1. The first-order chi connectivity index (χ1) is 14.0. The number of allylic oxidation sites excluding steroid dienone is 1. The first-order valence-corrected chi connectivity index (χ1v) is 9.94. The van der Waals surface area contributed by atoms with Crippen molar-refractivity contribution in [3.8, 4) is 17.2 Å². The van der Waals surface area contributed by atoms with E-state index in [1.54, 1.807) is 30.3 Å². The van der Waals surface area contributed by atoms with Gasteiger partial charge in [0.1, 0.15) is 17.2 Å². The highest BCUT2D eigenvalue weighted by Gasteiger charge is 2.32. The summed E-state index contributed by atoms with van der Waals surface area (Å²) in [5.74, 6) is 1.10. The summed E-state index contributed by atoms with van der Waals surface area (Å²) in [6, 6.07) is 6.65. The van der Waals surface area contributed by atoms with Gasteiger partial charge in [0.25, 0.3) is 0 Å². The van der Waals surface area contributed by atoms with Gasteiger partial charge in [0.2, 0.25) is 5.78 Å². The second kappa shape index (κ2) is 8.06. The third kappa shape index (κ3) is 3.71. The number of aromatic hydroxyl groups is 1. The van der Waals surface area contributed by atoms with Crippen molar-refractivity contribution >= 4 is 23.5 Å². The Morgan fingerprint density at radius 2 is 2.00 bits per heavy atom. The van der Waals surface area contributed by atoms with Crippen LogP contribution in [0.4, 0.5) is 0 Å². The molecule has 0 atom stereocenters. The molecule has 2 aliphatic heterocycles. The molecule has 0 unspecified atom stereocenters. The minimum atomic E-state index is -0.235. The van der Waals surface area contributed by atoms with Gasteiger partial charge in [-0.3, -0.25) is 9.69 Å². The highest BCUT2D eigenvalue weighted by molar-refractivity contribution is 6.31. The summed E-state index contributed by atoms with van der Waals surface area (Å²) in [7, 11) is 0. The van der Waals surface area contributed by atoms with Gasteiger partial charge in [-0.1, -0.05) is 25.4 Å². The predicted molar refractivity (Wildman–Crippen MR) is 109 cm³/mol. The van der Waals surface area contributed by atoms with Gasteiger partial charge in [0.15, 0.2) is 12.6 Å². The number of hydrogen-bond acceptors (Lipinski definition) is 6. The molecule has 0 aromatic heterocycles. The van der Waals surface area contributed by atoms with E-state index in [0.29, 0.717) is 46.4 Å². The second-order valence-electron chi connectivity index (χ2n) is 6.94. The van der Waals surface area contributed by atoms with Gasteiger partial charge in [-0.25, -0.2) is 0 Å². The lowest BCUT2D eigenvalue weighted by Crippen LogP contribution is -2.22. The Balaban J connectivity index is 1.73. The predicted octanol–water partition coefficient (Wildman–Crippen LogP) is 4.37. The van der Waals surface area contributed by atoms with E-state index in [0.717, 1.165) is 18.7 Å². The fourth-order valence-electron chi connectivity index (χ4n) is 3.58. The lowest BCUT2D eigenvalue weighted by Gasteiger charge is -2.20. The molecule has 0 saturated carbocycles. The van der Waals surface area contributed by atoms with Crippen molar-refractivity contribution in [2.24, 2.45) is 0 Å². The number of ether oxygens (including phenoxy) is 3. The van der Waals surface area contributed by atoms with E-state index in [4.69, 9.17) is 25.8 Å². The maximum absolute atomic E-state index is 13.0. The lowest BCUT2D eigenvalue weighted by molar-refractivity contribution is -0.0165. The highest BCUT2D eigenvalue weighted by atomic mass is 35.5. The minimum Gasteiger partial charge on any atom is -0.507 e. The normalized spacial score (nSPS) is 16.6. The summed E-state index contributed by atoms with van der Waals surface area (Å²) < 4.78 is 16.9. The number of hydrogen-bond donors (Lipinski definition) is 1. The average Bonchev–Trinajstić information content (AvgIpc) is 3.03. The fraction of sp³-hybridized carbons (Fsp3) is 0.318. The van der Waals surface area contributed by atoms with Gasteiger partial charge in [-0.2, -0.15) is 0 Å². The minimum absolute atomic E-state index is 0.116. The number of benzene rings is 2. The highest BCUT2D eigenvalue weighted by Crippen LogP contribution is 2.41. The summed E-state index contributed by atoms with van der Waals surface area (Å²) >= 11 is 6.22. The maximum Gasteiger partial charge on any atom is 0.231 e. The van der Waals surface area contributed by atoms with Crippen LogP contribution in [0.15, 0.2) is 30.0 Å². The van der Waals surface area contributed by atoms with E-state index in [9.17, 15) is 9.90 Å². The van der Waals surface area contributed by atoms with Crippen molar-refractivity contribution in [1.82, 2.24) is 4.90 Å². The van der Waals surface area contributed by atoms with Gasteiger partial charge in [0, 0.05) is 22.7 Å². The number of nitrogens with zero attached hydrogens (tertiary/aromatic N) is 1. The molecule has 1 N–H and O–H groups in total. The van der Waals surface area contributed by atoms with Crippen LogP contribution in [0.2, 0.25) is 5.02 Å². The topological polar surface area (TPSA) is 68.2 Å². The third-order valence-corrected chi connectivity index (χ3v) is 5.40. The van der Waals surface area contributed by atoms with Gasteiger partial charge in [-0.15, -0.1) is 0 Å². The van der Waals surface area contributed by atoms with Crippen LogP contribution in [0.25, 0.3) is 6.08 Å². The Bertz CT molecular complexity index is 997. The van der Waals surface area contributed by atoms with Gasteiger partial charge in [-0.05, 0) is 43.4 Å². The SMILES string of the molecule is CCN(CC)Cc1c(O)ccc2c1OC(=Cc1cc(Cl)cc3c1OCOC3)C2=O. The molecule has 2 aromatic rings. The number of ketones is 1. The number of phenolic OH excluding ortho intramolecular Hbond substituents is 1. The molecule has 29 heavy (non-hydrogen) atoms. The lowest BCUT2D eigenvalue weighted by atomic mass is 10.0. The second-order valence-corrected chi connectivity index (χ2v) is 7.37. The molecule has 2 heterocycles. The first kappa shape index (κ1) is 19.8. The van der Waals surface area contributed by atoms with Crippen LogP contribution in [0.5, 0.6) is 17.2 Å². The average molecular weight is 416 g/mol. The monoisotopic (exact) mass is 415 g/mol. The Hall–Kier alpha value is -2.54. The molecule has 152 valence electrons. The molecule has 7 heteroatoms. The molecule has 4 rings (SSSR count). The van der Waals surface area contributed by atoms with E-state index in [2.05, 4.69) is 4.90 Å². The summed E-state index contributed by atoms with van der Waals surface area (Å²) in [6.07, 6.45) is 1.64. The standard InChI is InChI=1S/C22H22ClNO5/c1-3-24(4-2)10-17-18(25)6-5-16-20(26)19(29-22(16)17)9-13-7-15(23)8-14-11-27-12-28-21(13)14/h5-9,25H,3-4,10-12H2,1-2H3. The van der Waals surface area contributed by atoms with E-state index < -0.39 is 0 Å². The summed E-state index contributed by atoms with van der Waals surface area (Å²) in [4.78, 5) is 15.1. The van der Waals surface area contributed by atoms with Crippen molar-refractivity contribution < 1.29 is 24.1 Å².